The molecule has 0 rings (SSSR count). The molecule has 0 aliphatic carbocycles. The minimum atomic E-state index is -0.397. The van der Waals surface area contributed by atoms with Crippen LogP contribution in [0.4, 0.5) is 0 Å². The fourth-order valence-electron chi connectivity index (χ4n) is 2.21. The summed E-state index contributed by atoms with van der Waals surface area (Å²) in [5.74, 6) is 0. The molecule has 2 atom stereocenters. The van der Waals surface area contributed by atoms with Gasteiger partial charge in [0.05, 0.1) is 12.7 Å². The maximum Gasteiger partial charge on any atom is 0.0899 e. The largest absolute Gasteiger partial charge is 0.389 e. The quantitative estimate of drug-likeness (QED) is 0.637. The third-order valence-electron chi connectivity index (χ3n) is 3.37. The second-order valence-corrected chi connectivity index (χ2v) is 6.53. The van der Waals surface area contributed by atoms with Crippen LogP contribution < -0.4 is 5.32 Å². The highest BCUT2D eigenvalue weighted by atomic mass is 16.5. The average Bonchev–Trinajstić information content (AvgIpc) is 2.27. The van der Waals surface area contributed by atoms with Gasteiger partial charge in [0.15, 0.2) is 0 Å². The highest BCUT2D eigenvalue weighted by Gasteiger charge is 2.24. The number of ether oxygens (including phenoxy) is 1. The van der Waals surface area contributed by atoms with E-state index in [1.807, 2.05) is 0 Å². The van der Waals surface area contributed by atoms with Crippen LogP contribution in [-0.4, -0.2) is 62.6 Å². The van der Waals surface area contributed by atoms with Crippen LogP contribution in [0.3, 0.4) is 0 Å². The third kappa shape index (κ3) is 9.38. The minimum Gasteiger partial charge on any atom is -0.389 e. The molecule has 0 bridgehead atoms. The van der Waals surface area contributed by atoms with Gasteiger partial charge in [0.2, 0.25) is 0 Å². The number of aliphatic hydroxyl groups is 1. The second kappa shape index (κ2) is 9.70. The number of aliphatic hydroxyl groups excluding tert-OH is 1. The smallest absolute Gasteiger partial charge is 0.0899 e. The maximum absolute atomic E-state index is 9.70. The lowest BCUT2D eigenvalue weighted by molar-refractivity contribution is 0.0417. The maximum atomic E-state index is 9.70. The predicted molar refractivity (Wildman–Crippen MR) is 81.5 cm³/mol. The second-order valence-electron chi connectivity index (χ2n) is 6.53. The number of rotatable bonds is 10. The molecular formula is C15H34N2O2. The van der Waals surface area contributed by atoms with E-state index in [0.717, 1.165) is 25.9 Å². The zero-order valence-electron chi connectivity index (χ0n) is 13.7. The van der Waals surface area contributed by atoms with E-state index in [4.69, 9.17) is 4.74 Å². The van der Waals surface area contributed by atoms with Crippen molar-refractivity contribution in [2.24, 2.45) is 5.41 Å². The summed E-state index contributed by atoms with van der Waals surface area (Å²) in [7, 11) is 3.67. The van der Waals surface area contributed by atoms with Crippen molar-refractivity contribution in [3.8, 4) is 0 Å². The fourth-order valence-corrected chi connectivity index (χ4v) is 2.21. The van der Waals surface area contributed by atoms with Gasteiger partial charge >= 0.3 is 0 Å². The molecule has 116 valence electrons. The van der Waals surface area contributed by atoms with E-state index in [2.05, 4.69) is 45.0 Å². The van der Waals surface area contributed by atoms with Crippen LogP contribution in [0.2, 0.25) is 0 Å². The summed E-state index contributed by atoms with van der Waals surface area (Å²) >= 11 is 0. The molecular weight excluding hydrogens is 240 g/mol. The van der Waals surface area contributed by atoms with Crippen LogP contribution in [0, 0.1) is 5.41 Å². The topological polar surface area (TPSA) is 44.7 Å². The summed E-state index contributed by atoms with van der Waals surface area (Å²) in [5.41, 5.74) is 0.265. The van der Waals surface area contributed by atoms with Crippen LogP contribution in [0.1, 0.15) is 40.5 Å². The molecule has 0 spiro atoms. The number of likely N-dealkylation sites (N-methyl/N-ethyl adjacent to an activating group) is 1. The first-order valence-electron chi connectivity index (χ1n) is 7.40. The van der Waals surface area contributed by atoms with Gasteiger partial charge in [-0.3, -0.25) is 0 Å². The van der Waals surface area contributed by atoms with E-state index in [0.29, 0.717) is 19.2 Å². The number of nitrogens with one attached hydrogen (secondary N) is 1. The van der Waals surface area contributed by atoms with Gasteiger partial charge in [-0.05, 0) is 38.4 Å². The summed E-state index contributed by atoms with van der Waals surface area (Å²) < 4.78 is 4.95. The molecule has 0 saturated heterocycles. The standard InChI is InChI=1S/C15H34N2O2/c1-7-9-16-14(15(2,3)4)8-10-17(5)11-13(18)12-19-6/h13-14,16,18H,7-12H2,1-6H3. The van der Waals surface area contributed by atoms with E-state index < -0.39 is 6.10 Å². The lowest BCUT2D eigenvalue weighted by Gasteiger charge is -2.33. The SMILES string of the molecule is CCCNC(CCN(C)CC(O)COC)C(C)(C)C. The summed E-state index contributed by atoms with van der Waals surface area (Å²) in [6, 6.07) is 0.509. The van der Waals surface area contributed by atoms with Crippen LogP contribution in [-0.2, 0) is 4.74 Å². The first-order valence-corrected chi connectivity index (χ1v) is 7.40. The summed E-state index contributed by atoms with van der Waals surface area (Å²) in [6.45, 7) is 12.2. The number of hydrogen-bond acceptors (Lipinski definition) is 4. The fraction of sp³-hybridized carbons (Fsp3) is 1.00. The molecule has 2 unspecified atom stereocenters. The summed E-state index contributed by atoms with van der Waals surface area (Å²) in [6.07, 6.45) is 1.86. The van der Waals surface area contributed by atoms with Crippen molar-refractivity contribution < 1.29 is 9.84 Å². The van der Waals surface area contributed by atoms with E-state index in [1.165, 1.54) is 0 Å². The van der Waals surface area contributed by atoms with Crippen molar-refractivity contribution in [3.63, 3.8) is 0 Å². The summed E-state index contributed by atoms with van der Waals surface area (Å²) in [4.78, 5) is 2.18. The minimum absolute atomic E-state index is 0.265. The van der Waals surface area contributed by atoms with Crippen molar-refractivity contribution in [2.75, 3.05) is 40.4 Å². The van der Waals surface area contributed by atoms with Crippen molar-refractivity contribution in [2.45, 2.75) is 52.7 Å². The Morgan fingerprint density at radius 1 is 1.32 bits per heavy atom. The van der Waals surface area contributed by atoms with Gasteiger partial charge in [-0.2, -0.15) is 0 Å². The highest BCUT2D eigenvalue weighted by Crippen LogP contribution is 2.22. The number of nitrogens with zero attached hydrogens (tertiary/aromatic N) is 1. The molecule has 0 saturated carbocycles. The normalized spacial score (nSPS) is 15.8. The first kappa shape index (κ1) is 18.8. The average molecular weight is 274 g/mol. The van der Waals surface area contributed by atoms with E-state index in [1.54, 1.807) is 7.11 Å². The Kier molecular flexibility index (Phi) is 9.62. The Morgan fingerprint density at radius 2 is 1.95 bits per heavy atom. The first-order chi connectivity index (χ1) is 8.81. The van der Waals surface area contributed by atoms with Crippen LogP contribution in [0.25, 0.3) is 0 Å². The van der Waals surface area contributed by atoms with Crippen molar-refractivity contribution >= 4 is 0 Å². The lowest BCUT2D eigenvalue weighted by Crippen LogP contribution is -2.43. The van der Waals surface area contributed by atoms with Gasteiger partial charge in [0.1, 0.15) is 0 Å². The van der Waals surface area contributed by atoms with Crippen molar-refractivity contribution in [1.82, 2.24) is 10.2 Å². The summed E-state index contributed by atoms with van der Waals surface area (Å²) in [5, 5.41) is 13.3. The Balaban J connectivity index is 4.09. The molecule has 19 heavy (non-hydrogen) atoms. The van der Waals surface area contributed by atoms with Crippen LogP contribution in [0.5, 0.6) is 0 Å². The van der Waals surface area contributed by atoms with Crippen LogP contribution >= 0.6 is 0 Å². The lowest BCUT2D eigenvalue weighted by atomic mass is 9.84. The number of hydrogen-bond donors (Lipinski definition) is 2. The van der Waals surface area contributed by atoms with Gasteiger partial charge in [-0.15, -0.1) is 0 Å². The van der Waals surface area contributed by atoms with Gasteiger partial charge in [-0.25, -0.2) is 0 Å². The molecule has 0 amide bonds. The molecule has 0 radical (unpaired) electrons. The van der Waals surface area contributed by atoms with E-state index in [9.17, 15) is 5.11 Å². The Labute approximate surface area is 119 Å². The van der Waals surface area contributed by atoms with E-state index in [-0.39, 0.29) is 5.41 Å². The molecule has 4 heteroatoms. The molecule has 4 nitrogen and oxygen atoms in total. The molecule has 2 N–H and O–H groups in total. The molecule has 0 aliphatic rings. The zero-order valence-corrected chi connectivity index (χ0v) is 13.7. The molecule has 0 fully saturated rings. The van der Waals surface area contributed by atoms with Gasteiger partial charge < -0.3 is 20.1 Å². The number of methoxy groups -OCH3 is 1. The highest BCUT2D eigenvalue weighted by molar-refractivity contribution is 4.81. The molecule has 0 aliphatic heterocycles. The molecule has 0 aromatic heterocycles. The molecule has 0 heterocycles. The van der Waals surface area contributed by atoms with Gasteiger partial charge in [0, 0.05) is 19.7 Å². The van der Waals surface area contributed by atoms with Crippen molar-refractivity contribution in [3.05, 3.63) is 0 Å². The molecule has 0 aromatic carbocycles. The Hall–Kier alpha value is -0.160. The third-order valence-corrected chi connectivity index (χ3v) is 3.37. The zero-order chi connectivity index (χ0) is 14.9. The Morgan fingerprint density at radius 3 is 2.42 bits per heavy atom. The van der Waals surface area contributed by atoms with Gasteiger partial charge in [-0.1, -0.05) is 27.7 Å². The van der Waals surface area contributed by atoms with Crippen LogP contribution in [0.15, 0.2) is 0 Å². The van der Waals surface area contributed by atoms with E-state index >= 15 is 0 Å². The van der Waals surface area contributed by atoms with Crippen molar-refractivity contribution in [1.29, 1.82) is 0 Å². The Bertz CT molecular complexity index is 217. The monoisotopic (exact) mass is 274 g/mol. The predicted octanol–water partition coefficient (Wildman–Crippen LogP) is 1.73. The molecule has 0 aromatic rings. The van der Waals surface area contributed by atoms with Gasteiger partial charge in [0.25, 0.3) is 0 Å².